The fraction of sp³-hybridized carbons (Fsp3) is 0. The predicted octanol–water partition coefficient (Wildman–Crippen LogP) is 1.53. The van der Waals surface area contributed by atoms with E-state index in [0.717, 1.165) is 0 Å². The molecule has 2 heterocycles. The fourth-order valence-electron chi connectivity index (χ4n) is 2.51. The normalized spacial score (nSPS) is 11.8. The van der Waals surface area contributed by atoms with Gasteiger partial charge in [-0.3, -0.25) is 9.11 Å². The summed E-state index contributed by atoms with van der Waals surface area (Å²) in [5, 5.41) is 14.5. The second-order valence-electron chi connectivity index (χ2n) is 6.04. The lowest BCUT2D eigenvalue weighted by Crippen LogP contribution is -2.02. The van der Waals surface area contributed by atoms with Crippen LogP contribution in [0.1, 0.15) is 11.1 Å². The third kappa shape index (κ3) is 5.92. The molecule has 0 fully saturated rings. The maximum atomic E-state index is 11.3. The molecule has 4 aromatic rings. The van der Waals surface area contributed by atoms with Crippen molar-refractivity contribution in [1.29, 1.82) is 0 Å². The third-order valence-corrected chi connectivity index (χ3v) is 5.77. The standard InChI is InChI=1S/C14H12O6S2.C4H4N6/c15-21(16,17)13-7-3-1-5-11(13)9-10-12-6-2-4-8-14(12)22(18,19)20;1-5-6-2-9(1)10-3-7-8-4-10/h1-10H,(H,15,16,17)(H,18,19,20);1-4H. The Hall–Kier alpha value is -3.72. The average Bonchev–Trinajstić information content (AvgIpc) is 3.45. The Morgan fingerprint density at radius 2 is 0.906 bits per heavy atom. The van der Waals surface area contributed by atoms with Crippen molar-refractivity contribution >= 4 is 32.4 Å². The molecule has 0 saturated heterocycles. The molecule has 14 heteroatoms. The molecular weight excluding hydrogens is 460 g/mol. The molecule has 12 nitrogen and oxygen atoms in total. The molecule has 2 aromatic carbocycles. The molecule has 0 radical (unpaired) electrons. The van der Waals surface area contributed by atoms with Crippen molar-refractivity contribution in [2.75, 3.05) is 0 Å². The van der Waals surface area contributed by atoms with Gasteiger partial charge in [-0.25, -0.2) is 9.35 Å². The summed E-state index contributed by atoms with van der Waals surface area (Å²) in [6.45, 7) is 0. The van der Waals surface area contributed by atoms with Gasteiger partial charge in [0.2, 0.25) is 0 Å². The summed E-state index contributed by atoms with van der Waals surface area (Å²) in [4.78, 5) is -0.592. The van der Waals surface area contributed by atoms with Crippen LogP contribution in [0.5, 0.6) is 0 Å². The number of rotatable bonds is 5. The lowest BCUT2D eigenvalue weighted by atomic mass is 10.1. The topological polar surface area (TPSA) is 170 Å². The van der Waals surface area contributed by atoms with E-state index in [1.165, 1.54) is 48.6 Å². The molecular formula is C18H16N6O6S2. The molecule has 0 saturated carbocycles. The summed E-state index contributed by atoms with van der Waals surface area (Å²) in [6, 6.07) is 11.4. The van der Waals surface area contributed by atoms with Crippen molar-refractivity contribution in [1.82, 2.24) is 29.7 Å². The van der Waals surface area contributed by atoms with Crippen molar-refractivity contribution in [3.8, 4) is 0 Å². The number of nitrogens with zero attached hydrogens (tertiary/aromatic N) is 6. The zero-order valence-corrected chi connectivity index (χ0v) is 17.7. The Kier molecular flexibility index (Phi) is 6.89. The first-order valence-electron chi connectivity index (χ1n) is 8.67. The Labute approximate surface area is 183 Å². The second-order valence-corrected chi connectivity index (χ2v) is 8.82. The summed E-state index contributed by atoms with van der Waals surface area (Å²) in [5.41, 5.74) is 0.380. The van der Waals surface area contributed by atoms with Gasteiger partial charge in [0.15, 0.2) is 0 Å². The van der Waals surface area contributed by atoms with Crippen LogP contribution in [-0.4, -0.2) is 55.7 Å². The lowest BCUT2D eigenvalue weighted by molar-refractivity contribution is 0.480. The van der Waals surface area contributed by atoms with Crippen LogP contribution >= 0.6 is 0 Å². The van der Waals surface area contributed by atoms with Crippen LogP contribution in [0.15, 0.2) is 83.6 Å². The molecule has 0 aliphatic carbocycles. The Morgan fingerprint density at radius 3 is 1.22 bits per heavy atom. The Morgan fingerprint density at radius 1 is 0.594 bits per heavy atom. The Balaban J connectivity index is 0.000000238. The number of hydrogen-bond acceptors (Lipinski definition) is 8. The predicted molar refractivity (Wildman–Crippen MR) is 112 cm³/mol. The maximum Gasteiger partial charge on any atom is 0.295 e. The van der Waals surface area contributed by atoms with Crippen LogP contribution in [0.2, 0.25) is 0 Å². The van der Waals surface area contributed by atoms with Gasteiger partial charge in [-0.2, -0.15) is 16.8 Å². The maximum absolute atomic E-state index is 11.3. The van der Waals surface area contributed by atoms with Gasteiger partial charge in [0.05, 0.1) is 0 Å². The molecule has 166 valence electrons. The van der Waals surface area contributed by atoms with Crippen LogP contribution in [0, 0.1) is 0 Å². The first-order chi connectivity index (χ1) is 15.2. The van der Waals surface area contributed by atoms with E-state index in [4.69, 9.17) is 9.11 Å². The second kappa shape index (κ2) is 9.61. The first kappa shape index (κ1) is 23.0. The molecule has 0 aliphatic heterocycles. The monoisotopic (exact) mass is 476 g/mol. The average molecular weight is 476 g/mol. The minimum Gasteiger partial charge on any atom is -0.282 e. The highest BCUT2D eigenvalue weighted by Crippen LogP contribution is 2.21. The lowest BCUT2D eigenvalue weighted by Gasteiger charge is -2.04. The number of aromatic nitrogens is 6. The zero-order chi connectivity index (χ0) is 23.2. The van der Waals surface area contributed by atoms with Crippen molar-refractivity contribution in [2.24, 2.45) is 0 Å². The van der Waals surface area contributed by atoms with E-state index in [-0.39, 0.29) is 20.9 Å². The van der Waals surface area contributed by atoms with Crippen LogP contribution in [-0.2, 0) is 20.2 Å². The smallest absolute Gasteiger partial charge is 0.282 e. The van der Waals surface area contributed by atoms with E-state index >= 15 is 0 Å². The van der Waals surface area contributed by atoms with E-state index < -0.39 is 20.2 Å². The highest BCUT2D eigenvalue weighted by molar-refractivity contribution is 7.86. The summed E-state index contributed by atoms with van der Waals surface area (Å²) < 4.78 is 66.7. The summed E-state index contributed by atoms with van der Waals surface area (Å²) >= 11 is 0. The van der Waals surface area contributed by atoms with E-state index in [2.05, 4.69) is 20.4 Å². The molecule has 32 heavy (non-hydrogen) atoms. The molecule has 4 rings (SSSR count). The number of hydrogen-bond donors (Lipinski definition) is 2. The molecule has 2 N–H and O–H groups in total. The van der Waals surface area contributed by atoms with Gasteiger partial charge in [0, 0.05) is 0 Å². The van der Waals surface area contributed by atoms with E-state index in [9.17, 15) is 16.8 Å². The van der Waals surface area contributed by atoms with Gasteiger partial charge < -0.3 is 0 Å². The van der Waals surface area contributed by atoms with Crippen LogP contribution in [0.25, 0.3) is 12.2 Å². The highest BCUT2D eigenvalue weighted by Gasteiger charge is 2.14. The van der Waals surface area contributed by atoms with Gasteiger partial charge in [-0.1, -0.05) is 48.6 Å². The summed E-state index contributed by atoms with van der Waals surface area (Å²) in [6.07, 6.45) is 8.92. The van der Waals surface area contributed by atoms with Gasteiger partial charge in [-0.05, 0) is 23.3 Å². The minimum absolute atomic E-state index is 0.190. The van der Waals surface area contributed by atoms with Crippen molar-refractivity contribution in [2.45, 2.75) is 9.79 Å². The quantitative estimate of drug-likeness (QED) is 0.318. The SMILES string of the molecule is O=S(=O)(O)c1ccccc1C=Cc1ccccc1S(=O)(=O)O.c1nncn1-n1cnnc1. The Bertz CT molecular complexity index is 1310. The first-order valence-corrected chi connectivity index (χ1v) is 11.6. The zero-order valence-electron chi connectivity index (χ0n) is 16.1. The van der Waals surface area contributed by atoms with Crippen molar-refractivity contribution in [3.63, 3.8) is 0 Å². The number of benzene rings is 2. The molecule has 0 bridgehead atoms. The molecule has 2 aromatic heterocycles. The van der Waals surface area contributed by atoms with Crippen LogP contribution in [0.3, 0.4) is 0 Å². The van der Waals surface area contributed by atoms with Gasteiger partial charge in [0.25, 0.3) is 20.2 Å². The van der Waals surface area contributed by atoms with Gasteiger partial charge >= 0.3 is 0 Å². The molecule has 0 atom stereocenters. The van der Waals surface area contributed by atoms with Gasteiger partial charge in [-0.15, -0.1) is 20.4 Å². The largest absolute Gasteiger partial charge is 0.295 e. The minimum atomic E-state index is -4.40. The van der Waals surface area contributed by atoms with E-state index in [0.29, 0.717) is 0 Å². The molecule has 0 aliphatic rings. The van der Waals surface area contributed by atoms with E-state index in [1.54, 1.807) is 46.8 Å². The van der Waals surface area contributed by atoms with Crippen molar-refractivity contribution in [3.05, 3.63) is 85.0 Å². The summed E-state index contributed by atoms with van der Waals surface area (Å²) in [5.74, 6) is 0. The van der Waals surface area contributed by atoms with E-state index in [1.807, 2.05) is 0 Å². The van der Waals surface area contributed by atoms with Crippen LogP contribution in [0.4, 0.5) is 0 Å². The van der Waals surface area contributed by atoms with Gasteiger partial charge in [0.1, 0.15) is 35.1 Å². The molecule has 0 amide bonds. The van der Waals surface area contributed by atoms with Crippen molar-refractivity contribution < 1.29 is 25.9 Å². The highest BCUT2D eigenvalue weighted by atomic mass is 32.2. The fourth-order valence-corrected chi connectivity index (χ4v) is 3.88. The van der Waals surface area contributed by atoms with Crippen LogP contribution < -0.4 is 0 Å². The summed E-state index contributed by atoms with van der Waals surface area (Å²) in [7, 11) is -8.79. The molecule has 0 unspecified atom stereocenters. The molecule has 0 spiro atoms. The third-order valence-electron chi connectivity index (χ3n) is 3.92.